The van der Waals surface area contributed by atoms with E-state index < -0.39 is 17.7 Å². The van der Waals surface area contributed by atoms with Crippen LogP contribution in [-0.2, 0) is 4.79 Å². The zero-order valence-corrected chi connectivity index (χ0v) is 13.7. The van der Waals surface area contributed by atoms with Gasteiger partial charge in [-0.05, 0) is 36.8 Å². The van der Waals surface area contributed by atoms with E-state index in [1.165, 1.54) is 23.1 Å². The highest BCUT2D eigenvalue weighted by Gasteiger charge is 2.17. The Hall–Kier alpha value is -3.02. The maximum absolute atomic E-state index is 13.4. The van der Waals surface area contributed by atoms with E-state index in [0.29, 0.717) is 22.6 Å². The second-order valence-corrected chi connectivity index (χ2v) is 5.65. The van der Waals surface area contributed by atoms with Gasteiger partial charge in [0.25, 0.3) is 0 Å². The molecule has 4 nitrogen and oxygen atoms in total. The van der Waals surface area contributed by atoms with E-state index in [1.54, 1.807) is 20.0 Å². The molecule has 3 rings (SSSR count). The lowest BCUT2D eigenvalue weighted by Crippen LogP contribution is -2.28. The van der Waals surface area contributed by atoms with Gasteiger partial charge in [-0.1, -0.05) is 18.2 Å². The van der Waals surface area contributed by atoms with Crippen LogP contribution in [0.15, 0.2) is 53.0 Å². The Morgan fingerprint density at radius 2 is 1.96 bits per heavy atom. The van der Waals surface area contributed by atoms with Crippen molar-refractivity contribution in [3.63, 3.8) is 0 Å². The molecule has 0 aliphatic heterocycles. The molecule has 6 heteroatoms. The monoisotopic (exact) mass is 342 g/mol. The van der Waals surface area contributed by atoms with Gasteiger partial charge in [0.05, 0.1) is 6.04 Å². The van der Waals surface area contributed by atoms with Crippen molar-refractivity contribution in [1.29, 1.82) is 0 Å². The van der Waals surface area contributed by atoms with E-state index in [0.717, 1.165) is 12.1 Å². The highest BCUT2D eigenvalue weighted by Crippen LogP contribution is 2.21. The number of hydrogen-bond acceptors (Lipinski definition) is 3. The fourth-order valence-electron chi connectivity index (χ4n) is 2.41. The number of halogens is 2. The highest BCUT2D eigenvalue weighted by atomic mass is 19.2. The summed E-state index contributed by atoms with van der Waals surface area (Å²) in [5, 5.41) is 0. The van der Waals surface area contributed by atoms with Crippen LogP contribution < -0.4 is 0 Å². The maximum Gasteiger partial charge on any atom is 0.246 e. The predicted molar refractivity (Wildman–Crippen MR) is 90.6 cm³/mol. The summed E-state index contributed by atoms with van der Waals surface area (Å²) in [6.45, 7) is 1.73. The molecule has 0 aliphatic rings. The minimum Gasteiger partial charge on any atom is -0.437 e. The van der Waals surface area contributed by atoms with Crippen LogP contribution in [0.2, 0.25) is 0 Å². The molecule has 128 valence electrons. The zero-order valence-electron chi connectivity index (χ0n) is 13.7. The Kier molecular flexibility index (Phi) is 4.61. The molecule has 1 amide bonds. The van der Waals surface area contributed by atoms with E-state index >= 15 is 0 Å². The highest BCUT2D eigenvalue weighted by molar-refractivity contribution is 5.91. The van der Waals surface area contributed by atoms with Crippen molar-refractivity contribution in [2.75, 3.05) is 7.05 Å². The lowest BCUT2D eigenvalue weighted by Gasteiger charge is -2.24. The largest absolute Gasteiger partial charge is 0.437 e. The van der Waals surface area contributed by atoms with Gasteiger partial charge in [-0.25, -0.2) is 13.8 Å². The molecule has 2 aromatic carbocycles. The lowest BCUT2D eigenvalue weighted by atomic mass is 10.1. The number of rotatable bonds is 4. The molecule has 1 unspecified atom stereocenters. The zero-order chi connectivity index (χ0) is 18.0. The standard InChI is InChI=1S/C19H16F2N2O2/c1-12(13-7-8-14(20)15(21)11-13)23(2)19(24)10-9-18-22-16-5-3-4-6-17(16)25-18/h3-12H,1-2H3. The Labute approximate surface area is 143 Å². The number of carbonyl (C=O) groups is 1. The van der Waals surface area contributed by atoms with Crippen molar-refractivity contribution in [3.8, 4) is 0 Å². The summed E-state index contributed by atoms with van der Waals surface area (Å²) in [7, 11) is 1.59. The summed E-state index contributed by atoms with van der Waals surface area (Å²) in [6, 6.07) is 10.5. The Morgan fingerprint density at radius 3 is 2.68 bits per heavy atom. The van der Waals surface area contributed by atoms with Crippen LogP contribution in [0.4, 0.5) is 8.78 Å². The van der Waals surface area contributed by atoms with Crippen molar-refractivity contribution in [2.24, 2.45) is 0 Å². The first-order chi connectivity index (χ1) is 12.0. The molecule has 25 heavy (non-hydrogen) atoms. The van der Waals surface area contributed by atoms with E-state index in [4.69, 9.17) is 4.42 Å². The van der Waals surface area contributed by atoms with Crippen molar-refractivity contribution < 1.29 is 18.0 Å². The van der Waals surface area contributed by atoms with Crippen LogP contribution in [0, 0.1) is 11.6 Å². The average Bonchev–Trinajstić information content (AvgIpc) is 3.03. The number of carbonyl (C=O) groups excluding carboxylic acids is 1. The van der Waals surface area contributed by atoms with Crippen LogP contribution in [0.25, 0.3) is 17.2 Å². The fourth-order valence-corrected chi connectivity index (χ4v) is 2.41. The first kappa shape index (κ1) is 16.8. The Morgan fingerprint density at radius 1 is 1.20 bits per heavy atom. The maximum atomic E-state index is 13.4. The molecule has 0 bridgehead atoms. The molecular weight excluding hydrogens is 326 g/mol. The van der Waals surface area contributed by atoms with Crippen molar-refractivity contribution in [3.05, 3.63) is 71.6 Å². The number of fused-ring (bicyclic) bond motifs is 1. The molecule has 1 atom stereocenters. The molecule has 0 radical (unpaired) electrons. The molecular formula is C19H16F2N2O2. The number of amides is 1. The van der Waals surface area contributed by atoms with Gasteiger partial charge in [-0.3, -0.25) is 4.79 Å². The van der Waals surface area contributed by atoms with Gasteiger partial charge in [-0.2, -0.15) is 0 Å². The number of oxazole rings is 1. The van der Waals surface area contributed by atoms with Gasteiger partial charge in [0, 0.05) is 19.2 Å². The van der Waals surface area contributed by atoms with Crippen LogP contribution in [0.3, 0.4) is 0 Å². The summed E-state index contributed by atoms with van der Waals surface area (Å²) in [6.07, 6.45) is 2.82. The summed E-state index contributed by atoms with van der Waals surface area (Å²) < 4.78 is 31.9. The molecule has 0 saturated carbocycles. The molecule has 1 aromatic heterocycles. The van der Waals surface area contributed by atoms with Crippen LogP contribution >= 0.6 is 0 Å². The molecule has 1 heterocycles. The second kappa shape index (κ2) is 6.84. The normalized spacial score (nSPS) is 12.6. The number of likely N-dealkylation sites (N-methyl/N-ethyl adjacent to an activating group) is 1. The minimum atomic E-state index is -0.938. The van der Waals surface area contributed by atoms with Crippen LogP contribution in [0.5, 0.6) is 0 Å². The number of benzene rings is 2. The fraction of sp³-hybridized carbons (Fsp3) is 0.158. The Balaban J connectivity index is 1.73. The van der Waals surface area contributed by atoms with E-state index in [1.807, 2.05) is 18.2 Å². The summed E-state index contributed by atoms with van der Waals surface area (Å²) >= 11 is 0. The number of nitrogens with zero attached hydrogens (tertiary/aromatic N) is 2. The topological polar surface area (TPSA) is 46.3 Å². The number of aromatic nitrogens is 1. The summed E-state index contributed by atoms with van der Waals surface area (Å²) in [5.41, 5.74) is 1.85. The van der Waals surface area contributed by atoms with Gasteiger partial charge < -0.3 is 9.32 Å². The lowest BCUT2D eigenvalue weighted by molar-refractivity contribution is -0.126. The predicted octanol–water partition coefficient (Wildman–Crippen LogP) is 4.34. The summed E-state index contributed by atoms with van der Waals surface area (Å²) in [5.74, 6) is -1.84. The smallest absolute Gasteiger partial charge is 0.246 e. The molecule has 0 aliphatic carbocycles. The van der Waals surface area contributed by atoms with Gasteiger partial charge in [0.1, 0.15) is 5.52 Å². The SMILES string of the molecule is CC(c1ccc(F)c(F)c1)N(C)C(=O)C=Cc1nc2ccccc2o1. The van der Waals surface area contributed by atoms with Crippen molar-refractivity contribution in [2.45, 2.75) is 13.0 Å². The van der Waals surface area contributed by atoms with Gasteiger partial charge >= 0.3 is 0 Å². The third kappa shape index (κ3) is 3.57. The minimum absolute atomic E-state index is 0.306. The van der Waals surface area contributed by atoms with Gasteiger partial charge in [0.2, 0.25) is 11.8 Å². The molecule has 0 spiro atoms. The number of hydrogen-bond donors (Lipinski definition) is 0. The van der Waals surface area contributed by atoms with Crippen LogP contribution in [-0.4, -0.2) is 22.8 Å². The molecule has 0 saturated heterocycles. The molecule has 3 aromatic rings. The van der Waals surface area contributed by atoms with E-state index in [9.17, 15) is 13.6 Å². The third-order valence-corrected chi connectivity index (χ3v) is 4.03. The van der Waals surface area contributed by atoms with E-state index in [2.05, 4.69) is 4.98 Å². The van der Waals surface area contributed by atoms with Crippen molar-refractivity contribution >= 4 is 23.1 Å². The second-order valence-electron chi connectivity index (χ2n) is 5.65. The summed E-state index contributed by atoms with van der Waals surface area (Å²) in [4.78, 5) is 18.0. The number of para-hydroxylation sites is 2. The average molecular weight is 342 g/mol. The first-order valence-electron chi connectivity index (χ1n) is 7.71. The quantitative estimate of drug-likeness (QED) is 0.663. The van der Waals surface area contributed by atoms with Crippen LogP contribution in [0.1, 0.15) is 24.4 Å². The van der Waals surface area contributed by atoms with Crippen molar-refractivity contribution in [1.82, 2.24) is 9.88 Å². The van der Waals surface area contributed by atoms with E-state index in [-0.39, 0.29) is 5.91 Å². The third-order valence-electron chi connectivity index (χ3n) is 4.03. The Bertz CT molecular complexity index is 917. The first-order valence-corrected chi connectivity index (χ1v) is 7.71. The molecule has 0 N–H and O–H groups in total. The molecule has 0 fully saturated rings. The van der Waals surface area contributed by atoms with Gasteiger partial charge in [-0.15, -0.1) is 0 Å². The van der Waals surface area contributed by atoms with Gasteiger partial charge in [0.15, 0.2) is 17.2 Å².